The first-order valence-electron chi connectivity index (χ1n) is 7.90. The summed E-state index contributed by atoms with van der Waals surface area (Å²) in [4.78, 5) is 0. The van der Waals surface area contributed by atoms with Crippen molar-refractivity contribution in [1.82, 2.24) is 0 Å². The average molecular weight is 292 g/mol. The predicted molar refractivity (Wildman–Crippen MR) is 101 cm³/mol. The maximum Gasteiger partial charge on any atom is -0.0200 e. The van der Waals surface area contributed by atoms with E-state index in [1.54, 1.807) is 0 Å². The van der Waals surface area contributed by atoms with Crippen LogP contribution < -0.4 is 0 Å². The van der Waals surface area contributed by atoms with Gasteiger partial charge in [-0.3, -0.25) is 0 Å². The summed E-state index contributed by atoms with van der Waals surface area (Å²) >= 11 is 0. The third kappa shape index (κ3) is 7.64. The van der Waals surface area contributed by atoms with Gasteiger partial charge in [-0.1, -0.05) is 107 Å². The SMILES string of the molecule is C=C(CC)c1ccccc1.CC(C)(C)C=Cc1ccccc1. The first kappa shape index (κ1) is 18.0. The molecule has 0 heteroatoms. The lowest BCUT2D eigenvalue weighted by molar-refractivity contribution is 0.547. The van der Waals surface area contributed by atoms with Gasteiger partial charge in [-0.05, 0) is 28.5 Å². The summed E-state index contributed by atoms with van der Waals surface area (Å²) < 4.78 is 0. The summed E-state index contributed by atoms with van der Waals surface area (Å²) in [6, 6.07) is 20.7. The molecule has 0 amide bonds. The Hall–Kier alpha value is -2.08. The minimum absolute atomic E-state index is 0.274. The predicted octanol–water partition coefficient (Wildman–Crippen LogP) is 6.86. The smallest absolute Gasteiger partial charge is 0.0200 e. The zero-order chi connectivity index (χ0) is 16.4. The van der Waals surface area contributed by atoms with Crippen LogP contribution in [0.4, 0.5) is 0 Å². The summed E-state index contributed by atoms with van der Waals surface area (Å²) in [5, 5.41) is 0. The van der Waals surface area contributed by atoms with Gasteiger partial charge in [0.05, 0.1) is 0 Å². The van der Waals surface area contributed by atoms with Crippen molar-refractivity contribution in [2.24, 2.45) is 5.41 Å². The van der Waals surface area contributed by atoms with Crippen molar-refractivity contribution in [3.8, 4) is 0 Å². The monoisotopic (exact) mass is 292 g/mol. The van der Waals surface area contributed by atoms with Crippen LogP contribution in [0, 0.1) is 5.41 Å². The largest absolute Gasteiger partial charge is 0.0952 e. The molecule has 0 aliphatic rings. The van der Waals surface area contributed by atoms with Crippen LogP contribution in [-0.4, -0.2) is 0 Å². The van der Waals surface area contributed by atoms with Crippen LogP contribution in [0.2, 0.25) is 0 Å². The summed E-state index contributed by atoms with van der Waals surface area (Å²) in [6.07, 6.45) is 5.42. The van der Waals surface area contributed by atoms with Gasteiger partial charge in [-0.2, -0.15) is 0 Å². The fourth-order valence-corrected chi connectivity index (χ4v) is 1.79. The minimum Gasteiger partial charge on any atom is -0.0952 e. The van der Waals surface area contributed by atoms with E-state index >= 15 is 0 Å². The first-order valence-corrected chi connectivity index (χ1v) is 7.90. The van der Waals surface area contributed by atoms with Crippen LogP contribution in [-0.2, 0) is 0 Å². The summed E-state index contributed by atoms with van der Waals surface area (Å²) in [5.74, 6) is 0. The Bertz CT molecular complexity index is 568. The van der Waals surface area contributed by atoms with Crippen LogP contribution in [0.25, 0.3) is 11.6 Å². The van der Waals surface area contributed by atoms with Gasteiger partial charge in [-0.25, -0.2) is 0 Å². The van der Waals surface area contributed by atoms with Gasteiger partial charge in [-0.15, -0.1) is 0 Å². The molecule has 0 radical (unpaired) electrons. The van der Waals surface area contributed by atoms with Crippen LogP contribution in [0.15, 0.2) is 73.3 Å². The normalized spacial score (nSPS) is 10.9. The zero-order valence-corrected chi connectivity index (χ0v) is 14.3. The number of hydrogen-bond acceptors (Lipinski definition) is 0. The molecule has 0 saturated carbocycles. The fraction of sp³-hybridized carbons (Fsp3) is 0.273. The topological polar surface area (TPSA) is 0 Å². The fourth-order valence-electron chi connectivity index (χ4n) is 1.79. The van der Waals surface area contributed by atoms with Crippen LogP contribution in [0.3, 0.4) is 0 Å². The van der Waals surface area contributed by atoms with E-state index < -0.39 is 0 Å². The summed E-state index contributed by atoms with van der Waals surface area (Å²) in [6.45, 7) is 12.7. The van der Waals surface area contributed by atoms with Crippen molar-refractivity contribution in [3.05, 3.63) is 84.4 Å². The molecular formula is C22H28. The standard InChI is InChI=1S/C12H16.C10H12/c1-12(2,3)10-9-11-7-5-4-6-8-11;1-3-9(2)10-7-5-4-6-8-10/h4-10H,1-3H3;4-8H,2-3H2,1H3. The van der Waals surface area contributed by atoms with Crippen molar-refractivity contribution >= 4 is 11.6 Å². The second kappa shape index (κ2) is 9.04. The van der Waals surface area contributed by atoms with E-state index in [9.17, 15) is 0 Å². The molecule has 0 fully saturated rings. The van der Waals surface area contributed by atoms with Gasteiger partial charge in [0.1, 0.15) is 0 Å². The van der Waals surface area contributed by atoms with Crippen molar-refractivity contribution in [2.75, 3.05) is 0 Å². The molecule has 116 valence electrons. The highest BCUT2D eigenvalue weighted by molar-refractivity contribution is 5.62. The molecule has 0 nitrogen and oxygen atoms in total. The van der Waals surface area contributed by atoms with E-state index in [0.717, 1.165) is 6.42 Å². The van der Waals surface area contributed by atoms with E-state index in [1.165, 1.54) is 16.7 Å². The lowest BCUT2D eigenvalue weighted by atomic mass is 9.95. The van der Waals surface area contributed by atoms with E-state index in [0.29, 0.717) is 0 Å². The zero-order valence-electron chi connectivity index (χ0n) is 14.3. The Morgan fingerprint density at radius 3 is 1.86 bits per heavy atom. The Morgan fingerprint density at radius 2 is 1.41 bits per heavy atom. The van der Waals surface area contributed by atoms with Gasteiger partial charge in [0.15, 0.2) is 0 Å². The Morgan fingerprint density at radius 1 is 0.909 bits per heavy atom. The van der Waals surface area contributed by atoms with Crippen molar-refractivity contribution in [3.63, 3.8) is 0 Å². The number of allylic oxidation sites excluding steroid dienone is 2. The molecule has 22 heavy (non-hydrogen) atoms. The molecule has 0 bridgehead atoms. The Balaban J connectivity index is 0.000000224. The summed E-state index contributed by atoms with van der Waals surface area (Å²) in [7, 11) is 0. The van der Waals surface area contributed by atoms with Crippen LogP contribution in [0.5, 0.6) is 0 Å². The highest BCUT2D eigenvalue weighted by atomic mass is 14.1. The lowest BCUT2D eigenvalue weighted by Crippen LogP contribution is -1.97. The van der Waals surface area contributed by atoms with Gasteiger partial charge in [0, 0.05) is 0 Å². The van der Waals surface area contributed by atoms with E-state index in [4.69, 9.17) is 0 Å². The first-order chi connectivity index (χ1) is 10.4. The Labute approximate surface area is 136 Å². The van der Waals surface area contributed by atoms with Crippen molar-refractivity contribution in [1.29, 1.82) is 0 Å². The number of benzene rings is 2. The third-order valence-electron chi connectivity index (χ3n) is 3.18. The number of hydrogen-bond donors (Lipinski definition) is 0. The van der Waals surface area contributed by atoms with Crippen molar-refractivity contribution < 1.29 is 0 Å². The second-order valence-corrected chi connectivity index (χ2v) is 6.43. The van der Waals surface area contributed by atoms with E-state index in [-0.39, 0.29) is 5.41 Å². The molecule has 0 aliphatic heterocycles. The summed E-state index contributed by atoms with van der Waals surface area (Å²) in [5.41, 5.74) is 4.01. The number of rotatable bonds is 3. The van der Waals surface area contributed by atoms with Gasteiger partial charge in [0.25, 0.3) is 0 Å². The highest BCUT2D eigenvalue weighted by Gasteiger charge is 2.02. The van der Waals surface area contributed by atoms with E-state index in [2.05, 4.69) is 82.8 Å². The highest BCUT2D eigenvalue weighted by Crippen LogP contribution is 2.16. The van der Waals surface area contributed by atoms with Crippen LogP contribution in [0.1, 0.15) is 45.2 Å². The second-order valence-electron chi connectivity index (χ2n) is 6.43. The lowest BCUT2D eigenvalue weighted by Gasteiger charge is -2.10. The quantitative estimate of drug-likeness (QED) is 0.580. The molecule has 0 atom stereocenters. The van der Waals surface area contributed by atoms with Crippen molar-refractivity contribution in [2.45, 2.75) is 34.1 Å². The third-order valence-corrected chi connectivity index (χ3v) is 3.18. The molecule has 0 unspecified atom stereocenters. The molecule has 2 rings (SSSR count). The maximum atomic E-state index is 3.94. The van der Waals surface area contributed by atoms with Gasteiger partial charge < -0.3 is 0 Å². The molecule has 0 heterocycles. The average Bonchev–Trinajstić information content (AvgIpc) is 2.54. The van der Waals surface area contributed by atoms with Gasteiger partial charge >= 0.3 is 0 Å². The molecule has 0 N–H and O–H groups in total. The van der Waals surface area contributed by atoms with Crippen LogP contribution >= 0.6 is 0 Å². The van der Waals surface area contributed by atoms with Gasteiger partial charge in [0.2, 0.25) is 0 Å². The minimum atomic E-state index is 0.274. The Kier molecular flexibility index (Phi) is 7.39. The van der Waals surface area contributed by atoms with E-state index in [1.807, 2.05) is 24.3 Å². The maximum absolute atomic E-state index is 3.94. The molecule has 0 saturated heterocycles. The molecule has 0 spiro atoms. The molecule has 0 aromatic heterocycles. The molecule has 0 aliphatic carbocycles. The molecule has 2 aromatic carbocycles. The molecule has 2 aromatic rings. The molecular weight excluding hydrogens is 264 g/mol.